The van der Waals surface area contributed by atoms with Gasteiger partial charge >= 0.3 is 0 Å². The standard InChI is InChI=1S/C10H15N3.3ClH/c11-9-3-1-2-4-10(9)13-7-5-12-6-8-13;;;/h1-4,12H,5-8,11H2;3*1H. The van der Waals surface area contributed by atoms with Crippen molar-refractivity contribution in [1.29, 1.82) is 0 Å². The molecule has 0 aliphatic carbocycles. The van der Waals surface area contributed by atoms with E-state index in [1.54, 1.807) is 0 Å². The van der Waals surface area contributed by atoms with Gasteiger partial charge in [0.05, 0.1) is 11.4 Å². The second-order valence-electron chi connectivity index (χ2n) is 3.30. The first-order chi connectivity index (χ1) is 6.38. The number of para-hydroxylation sites is 2. The minimum Gasteiger partial charge on any atom is -0.397 e. The van der Waals surface area contributed by atoms with Gasteiger partial charge in [-0.1, -0.05) is 12.1 Å². The molecule has 16 heavy (non-hydrogen) atoms. The molecule has 1 aliphatic heterocycles. The van der Waals surface area contributed by atoms with Crippen LogP contribution in [0.4, 0.5) is 11.4 Å². The largest absolute Gasteiger partial charge is 0.397 e. The van der Waals surface area contributed by atoms with Crippen molar-refractivity contribution in [2.75, 3.05) is 36.8 Å². The predicted molar refractivity (Wildman–Crippen MR) is 77.7 cm³/mol. The van der Waals surface area contributed by atoms with Crippen molar-refractivity contribution in [3.05, 3.63) is 24.3 Å². The van der Waals surface area contributed by atoms with Gasteiger partial charge in [0.1, 0.15) is 0 Å². The molecule has 0 aromatic heterocycles. The summed E-state index contributed by atoms with van der Waals surface area (Å²) < 4.78 is 0. The lowest BCUT2D eigenvalue weighted by Crippen LogP contribution is -2.43. The van der Waals surface area contributed by atoms with E-state index in [4.69, 9.17) is 5.73 Å². The highest BCUT2D eigenvalue weighted by atomic mass is 35.5. The average Bonchev–Trinajstić information content (AvgIpc) is 2.20. The van der Waals surface area contributed by atoms with Crippen LogP contribution in [-0.2, 0) is 0 Å². The van der Waals surface area contributed by atoms with Crippen LogP contribution in [0.3, 0.4) is 0 Å². The van der Waals surface area contributed by atoms with E-state index in [0.29, 0.717) is 0 Å². The molecule has 1 aromatic carbocycles. The molecule has 3 nitrogen and oxygen atoms in total. The number of halogens is 3. The second-order valence-corrected chi connectivity index (χ2v) is 3.30. The van der Waals surface area contributed by atoms with Gasteiger partial charge in [-0.2, -0.15) is 0 Å². The van der Waals surface area contributed by atoms with E-state index in [0.717, 1.165) is 31.9 Å². The molecule has 2 rings (SSSR count). The number of benzene rings is 1. The van der Waals surface area contributed by atoms with Gasteiger partial charge in [0.25, 0.3) is 0 Å². The van der Waals surface area contributed by atoms with Gasteiger partial charge in [-0.15, -0.1) is 37.2 Å². The zero-order valence-electron chi connectivity index (χ0n) is 8.89. The van der Waals surface area contributed by atoms with Crippen LogP contribution in [0.15, 0.2) is 24.3 Å². The first-order valence-electron chi connectivity index (χ1n) is 4.68. The number of hydrogen-bond donors (Lipinski definition) is 2. The molecule has 0 radical (unpaired) electrons. The lowest BCUT2D eigenvalue weighted by Gasteiger charge is -2.30. The molecular formula is C10H18Cl3N3. The average molecular weight is 287 g/mol. The fraction of sp³-hybridized carbons (Fsp3) is 0.400. The van der Waals surface area contributed by atoms with E-state index in [1.165, 1.54) is 5.69 Å². The highest BCUT2D eigenvalue weighted by Crippen LogP contribution is 2.22. The van der Waals surface area contributed by atoms with Crippen molar-refractivity contribution in [2.45, 2.75) is 0 Å². The van der Waals surface area contributed by atoms with Crippen LogP contribution >= 0.6 is 37.2 Å². The number of anilines is 2. The highest BCUT2D eigenvalue weighted by Gasteiger charge is 2.11. The smallest absolute Gasteiger partial charge is 0.0600 e. The molecule has 1 aliphatic rings. The van der Waals surface area contributed by atoms with Gasteiger partial charge in [-0.05, 0) is 12.1 Å². The van der Waals surface area contributed by atoms with Crippen molar-refractivity contribution in [3.63, 3.8) is 0 Å². The zero-order valence-corrected chi connectivity index (χ0v) is 11.3. The Morgan fingerprint density at radius 1 is 1.00 bits per heavy atom. The van der Waals surface area contributed by atoms with Crippen LogP contribution in [0.5, 0.6) is 0 Å². The molecule has 1 aromatic rings. The van der Waals surface area contributed by atoms with Crippen LogP contribution in [0.1, 0.15) is 0 Å². The Balaban J connectivity index is 0. The van der Waals surface area contributed by atoms with E-state index < -0.39 is 0 Å². The van der Waals surface area contributed by atoms with E-state index in [-0.39, 0.29) is 37.2 Å². The minimum absolute atomic E-state index is 0. The topological polar surface area (TPSA) is 41.3 Å². The van der Waals surface area contributed by atoms with Crippen molar-refractivity contribution in [2.24, 2.45) is 0 Å². The summed E-state index contributed by atoms with van der Waals surface area (Å²) in [6.07, 6.45) is 0. The quantitative estimate of drug-likeness (QED) is 0.775. The molecule has 3 N–H and O–H groups in total. The minimum atomic E-state index is 0. The Morgan fingerprint density at radius 2 is 1.56 bits per heavy atom. The van der Waals surface area contributed by atoms with Gasteiger partial charge in [0.2, 0.25) is 0 Å². The van der Waals surface area contributed by atoms with Crippen molar-refractivity contribution in [3.8, 4) is 0 Å². The summed E-state index contributed by atoms with van der Waals surface area (Å²) in [6, 6.07) is 8.05. The maximum absolute atomic E-state index is 5.89. The number of piperazine rings is 1. The molecule has 0 saturated carbocycles. The molecule has 0 amide bonds. The van der Waals surface area contributed by atoms with E-state index in [9.17, 15) is 0 Å². The SMILES string of the molecule is Cl.Cl.Cl.Nc1ccccc1N1CCNCC1. The molecule has 0 bridgehead atoms. The Bertz CT molecular complexity index is 290. The Hall–Kier alpha value is -0.350. The molecule has 1 fully saturated rings. The highest BCUT2D eigenvalue weighted by molar-refractivity contribution is 5.86. The Labute approximate surface area is 115 Å². The van der Waals surface area contributed by atoms with Crippen LogP contribution in [0, 0.1) is 0 Å². The molecule has 0 spiro atoms. The predicted octanol–water partition coefficient (Wildman–Crippen LogP) is 1.94. The Morgan fingerprint density at radius 3 is 2.12 bits per heavy atom. The fourth-order valence-electron chi connectivity index (χ4n) is 1.68. The molecule has 94 valence electrons. The van der Waals surface area contributed by atoms with Gasteiger partial charge in [-0.25, -0.2) is 0 Å². The van der Waals surface area contributed by atoms with Gasteiger partial charge in [-0.3, -0.25) is 0 Å². The van der Waals surface area contributed by atoms with E-state index in [2.05, 4.69) is 16.3 Å². The van der Waals surface area contributed by atoms with Crippen molar-refractivity contribution in [1.82, 2.24) is 5.32 Å². The molecule has 1 heterocycles. The van der Waals surface area contributed by atoms with E-state index in [1.807, 2.05) is 18.2 Å². The summed E-state index contributed by atoms with van der Waals surface area (Å²) in [6.45, 7) is 4.20. The first kappa shape index (κ1) is 18.0. The van der Waals surface area contributed by atoms with Crippen molar-refractivity contribution < 1.29 is 0 Å². The van der Waals surface area contributed by atoms with Crippen LogP contribution in [0.2, 0.25) is 0 Å². The number of nitrogen functional groups attached to an aromatic ring is 1. The fourth-order valence-corrected chi connectivity index (χ4v) is 1.68. The third-order valence-electron chi connectivity index (χ3n) is 2.39. The lowest BCUT2D eigenvalue weighted by molar-refractivity contribution is 0.590. The number of nitrogens with zero attached hydrogens (tertiary/aromatic N) is 1. The maximum atomic E-state index is 5.89. The molecular weight excluding hydrogens is 268 g/mol. The zero-order chi connectivity index (χ0) is 9.10. The number of nitrogens with one attached hydrogen (secondary N) is 1. The maximum Gasteiger partial charge on any atom is 0.0600 e. The summed E-state index contributed by atoms with van der Waals surface area (Å²) in [5.74, 6) is 0. The molecule has 0 unspecified atom stereocenters. The van der Waals surface area contributed by atoms with Gasteiger partial charge < -0.3 is 16.0 Å². The molecule has 1 saturated heterocycles. The van der Waals surface area contributed by atoms with Crippen LogP contribution in [0.25, 0.3) is 0 Å². The molecule has 6 heteroatoms. The van der Waals surface area contributed by atoms with E-state index >= 15 is 0 Å². The third-order valence-corrected chi connectivity index (χ3v) is 2.39. The summed E-state index contributed by atoms with van der Waals surface area (Å²) in [5.41, 5.74) is 7.94. The number of nitrogens with two attached hydrogens (primary N) is 1. The monoisotopic (exact) mass is 285 g/mol. The summed E-state index contributed by atoms with van der Waals surface area (Å²) in [4.78, 5) is 2.33. The third kappa shape index (κ3) is 4.26. The number of hydrogen-bond acceptors (Lipinski definition) is 3. The first-order valence-corrected chi connectivity index (χ1v) is 4.68. The van der Waals surface area contributed by atoms with Gasteiger partial charge in [0, 0.05) is 26.2 Å². The van der Waals surface area contributed by atoms with Crippen molar-refractivity contribution >= 4 is 48.6 Å². The lowest BCUT2D eigenvalue weighted by atomic mass is 10.2. The second kappa shape index (κ2) is 8.76. The number of rotatable bonds is 1. The van der Waals surface area contributed by atoms with Crippen LogP contribution < -0.4 is 16.0 Å². The summed E-state index contributed by atoms with van der Waals surface area (Å²) in [5, 5.41) is 3.32. The van der Waals surface area contributed by atoms with Crippen LogP contribution in [-0.4, -0.2) is 26.2 Å². The summed E-state index contributed by atoms with van der Waals surface area (Å²) in [7, 11) is 0. The van der Waals surface area contributed by atoms with Gasteiger partial charge in [0.15, 0.2) is 0 Å². The summed E-state index contributed by atoms with van der Waals surface area (Å²) >= 11 is 0. The molecule has 0 atom stereocenters. The normalized spacial score (nSPS) is 14.1. The Kier molecular flexibility index (Phi) is 9.87.